The number of carbonyl (C=O) groups is 5. The molecule has 3 aliphatic heterocycles. The number of carbonyl (C=O) groups excluding carboxylic acids is 5. The van der Waals surface area contributed by atoms with E-state index in [9.17, 15) is 37.1 Å². The number of nitrogens with two attached hydrogens (primary N) is 3. The number of aromatic nitrogens is 9. The van der Waals surface area contributed by atoms with Crippen LogP contribution < -0.4 is 55.6 Å². The topological polar surface area (TPSA) is 370 Å². The molecule has 0 spiro atoms. The van der Waals surface area contributed by atoms with Crippen LogP contribution in [-0.2, 0) is 33.4 Å². The van der Waals surface area contributed by atoms with Crippen molar-refractivity contribution in [2.24, 2.45) is 0 Å². The van der Waals surface area contributed by atoms with Gasteiger partial charge >= 0.3 is 30.8 Å². The van der Waals surface area contributed by atoms with Gasteiger partial charge in [0.15, 0.2) is 47.9 Å². The smallest absolute Gasteiger partial charge is 0.870 e. The molecule has 0 bridgehead atoms. The second-order valence-electron chi connectivity index (χ2n) is 25.3. The number of nitrogen functional groups attached to an aromatic ring is 3. The monoisotopic (exact) mass is 1700 g/mol. The number of likely N-dealkylation sites (tertiary alicyclic amines) is 2. The Kier molecular flexibility index (Phi) is 35.7. The van der Waals surface area contributed by atoms with Gasteiger partial charge in [-0.25, -0.2) is 28.1 Å². The van der Waals surface area contributed by atoms with E-state index in [1.807, 2.05) is 38.8 Å². The van der Waals surface area contributed by atoms with E-state index in [4.69, 9.17) is 122 Å². The Hall–Kier alpha value is -8.32. The first-order valence-electron chi connectivity index (χ1n) is 34.1. The number of aliphatic hydroxyl groups excluding tert-OH is 1. The molecule has 0 aliphatic carbocycles. The number of anilines is 3. The summed E-state index contributed by atoms with van der Waals surface area (Å²) >= 11 is 41.8. The molecule has 0 radical (unpaired) electrons. The zero-order chi connectivity index (χ0) is 78.9. The number of hydrogen-bond acceptors (Lipinski definition) is 22. The summed E-state index contributed by atoms with van der Waals surface area (Å²) < 4.78 is 74.5. The molecule has 3 saturated heterocycles. The Morgan fingerprint density at radius 1 is 0.500 bits per heavy atom. The molecule has 27 nitrogen and oxygen atoms in total. The maximum absolute atomic E-state index is 14.0. The van der Waals surface area contributed by atoms with Crippen LogP contribution in [0.25, 0.3) is 33.4 Å². The number of rotatable bonds is 20. The van der Waals surface area contributed by atoms with Crippen LogP contribution in [0.3, 0.4) is 0 Å². The molecule has 3 unspecified atom stereocenters. The molecule has 112 heavy (non-hydrogen) atoms. The van der Waals surface area contributed by atoms with Crippen LogP contribution in [0.1, 0.15) is 126 Å². The second kappa shape index (κ2) is 43.2. The first-order valence-corrected chi connectivity index (χ1v) is 36.8. The molecular weight excluding hydrogens is 1630 g/mol. The standard InChI is InChI=1S/C25H26Cl2FN5O4.C23H24Cl2FN5O3.C21H22Cl2FN5O.C4H5ClO3.ClH.Li.H2O/c1-14(23-19(26)3-4-20(28)24(23)27)37-21-9-16(10-30-25(21)29)17-11-31-33(12-17)18-5-7-32(8-6-18)22(35)13-36-15(2)34;1-13(21-17(24)2-3-18(26)22(21)25)34-19-8-14(9-28-23(19)27)15-10-29-31(11-15)16-4-6-30(7-5-16)20(33)12-32;1-12(19-16(22)2-3-17(24)20(19)23)30-18-8-13(9-27-21(18)25)14-10-28-29(11-14)15-4-6-26-7-5-15;1-3(6)8-2-4(5)7;;;/h3-4,9-12,14,18H,5-8,13H2,1-2H3,(H2,29,30);2-3,8-11,13,16,32H,4-7,12H2,1H3,(H2,27,28);2-3,8-12,15,26H,4-7H2,1H3,(H2,25,27);2H2,1H3;1H;;1H2/q;;;;;+1;/p-1. The first kappa shape index (κ1) is 92.5. The molecule has 6 aromatic heterocycles. The van der Waals surface area contributed by atoms with Gasteiger partial charge in [0.2, 0.25) is 5.91 Å². The third kappa shape index (κ3) is 24.6. The summed E-state index contributed by atoms with van der Waals surface area (Å²) in [5.74, 6) is -1.64. The number of esters is 2. The van der Waals surface area contributed by atoms with Crippen LogP contribution in [0, 0.1) is 17.5 Å². The summed E-state index contributed by atoms with van der Waals surface area (Å²) in [4.78, 5) is 70.6. The third-order valence-corrected chi connectivity index (χ3v) is 20.1. The Labute approximate surface area is 695 Å². The number of piperidine rings is 3. The van der Waals surface area contributed by atoms with E-state index in [0.29, 0.717) is 84.0 Å². The van der Waals surface area contributed by atoms with Crippen LogP contribution in [0.15, 0.2) is 110 Å². The quantitative estimate of drug-likeness (QED) is 0.0205. The average molecular weight is 1710 g/mol. The second-order valence-corrected chi connectivity index (χ2v) is 28.1. The minimum atomic E-state index is -0.688. The number of amides is 2. The van der Waals surface area contributed by atoms with E-state index >= 15 is 0 Å². The van der Waals surface area contributed by atoms with Crippen molar-refractivity contribution in [3.63, 3.8) is 0 Å². The molecule has 39 heteroatoms. The molecule has 3 atom stereocenters. The van der Waals surface area contributed by atoms with Crippen molar-refractivity contribution in [1.82, 2.24) is 59.4 Å². The Balaban J connectivity index is 0.000000247. The van der Waals surface area contributed by atoms with Gasteiger partial charge in [0.05, 0.1) is 51.8 Å². The van der Waals surface area contributed by atoms with E-state index in [0.717, 1.165) is 72.2 Å². The van der Waals surface area contributed by atoms with Crippen molar-refractivity contribution < 1.29 is 90.3 Å². The van der Waals surface area contributed by atoms with Crippen molar-refractivity contribution in [3.05, 3.63) is 175 Å². The summed E-state index contributed by atoms with van der Waals surface area (Å²) in [6, 6.07) is 13.8. The van der Waals surface area contributed by atoms with Crippen molar-refractivity contribution in [2.45, 2.75) is 110 Å². The van der Waals surface area contributed by atoms with Gasteiger partial charge in [-0.15, -0.1) is 12.4 Å². The Morgan fingerprint density at radius 2 is 0.804 bits per heavy atom. The molecule has 0 saturated carbocycles. The molecular formula is C73H79Cl8F3LiN15O12. The van der Waals surface area contributed by atoms with Crippen LogP contribution in [0.2, 0.25) is 30.1 Å². The Bertz CT molecular complexity index is 4710. The third-order valence-electron chi connectivity index (χ3n) is 17.8. The fourth-order valence-electron chi connectivity index (χ4n) is 12.0. The van der Waals surface area contributed by atoms with E-state index < -0.39 is 59.6 Å². The van der Waals surface area contributed by atoms with Crippen LogP contribution in [-0.4, -0.2) is 153 Å². The van der Waals surface area contributed by atoms with Gasteiger partial charge in [-0.3, -0.25) is 38.0 Å². The number of benzene rings is 3. The molecule has 596 valence electrons. The summed E-state index contributed by atoms with van der Waals surface area (Å²) in [7, 11) is 0. The van der Waals surface area contributed by atoms with Crippen molar-refractivity contribution in [3.8, 4) is 50.6 Å². The minimum absolute atomic E-state index is 0. The summed E-state index contributed by atoms with van der Waals surface area (Å²) in [6.07, 6.45) is 19.0. The maximum Gasteiger partial charge on any atom is 1.00 e. The van der Waals surface area contributed by atoms with Gasteiger partial charge in [0, 0.05) is 142 Å². The van der Waals surface area contributed by atoms with E-state index in [1.54, 1.807) is 79.8 Å². The first-order chi connectivity index (χ1) is 52.0. The molecule has 3 aromatic carbocycles. The number of aliphatic hydroxyl groups is 1. The van der Waals surface area contributed by atoms with Gasteiger partial charge in [-0.2, -0.15) is 15.3 Å². The molecule has 3 fully saturated rings. The van der Waals surface area contributed by atoms with Crippen molar-refractivity contribution in [1.29, 1.82) is 0 Å². The zero-order valence-electron chi connectivity index (χ0n) is 61.3. The largest absolute Gasteiger partial charge is 1.00 e. The van der Waals surface area contributed by atoms with Gasteiger partial charge in [0.25, 0.3) is 11.1 Å². The number of nitrogens with zero attached hydrogens (tertiary/aromatic N) is 11. The fourth-order valence-corrected chi connectivity index (χ4v) is 14.1. The minimum Gasteiger partial charge on any atom is -0.870 e. The summed E-state index contributed by atoms with van der Waals surface area (Å²) in [5.41, 5.74) is 23.9. The molecule has 9 aromatic rings. The average Bonchev–Trinajstić information content (AvgIpc) is 1.34. The van der Waals surface area contributed by atoms with Gasteiger partial charge < -0.3 is 66.6 Å². The predicted octanol–water partition coefficient (Wildman–Crippen LogP) is 11.7. The number of halogens is 11. The fraction of sp³-hybridized carbons (Fsp3) is 0.356. The number of pyridine rings is 3. The van der Waals surface area contributed by atoms with Crippen LogP contribution in [0.5, 0.6) is 17.2 Å². The van der Waals surface area contributed by atoms with Crippen LogP contribution in [0.4, 0.5) is 30.6 Å². The molecule has 9 N–H and O–H groups in total. The van der Waals surface area contributed by atoms with E-state index in [-0.39, 0.29) is 116 Å². The molecule has 12 rings (SSSR count). The molecule has 2 amide bonds. The Morgan fingerprint density at radius 3 is 1.10 bits per heavy atom. The van der Waals surface area contributed by atoms with Crippen molar-refractivity contribution >= 4 is 140 Å². The molecule has 3 aliphatic rings. The maximum atomic E-state index is 14.0. The number of ether oxygens (including phenoxy) is 5. The van der Waals surface area contributed by atoms with E-state index in [1.165, 1.54) is 50.2 Å². The van der Waals surface area contributed by atoms with Crippen LogP contribution >= 0.6 is 93.6 Å². The molecule has 9 heterocycles. The SMILES string of the molecule is CC(=O)OCC(=O)Cl.CC(=O)OCC(=O)N1CCC(n2cc(-c3cnc(N)c(OC(C)c4c(Cl)ccc(F)c4Cl)c3)cn2)CC1.CC(Oc1cc(-c2cnn(C3CCN(C(=O)CO)CC3)c2)cnc1N)c1c(Cl)ccc(F)c1Cl.CC(Oc1cc(-c2cnn(C3CCNCC3)c2)cnc1N)c1c(Cl)ccc(F)c1Cl.Cl.[Li+].[OH-]. The summed E-state index contributed by atoms with van der Waals surface area (Å²) in [6.45, 7) is 10.8. The zero-order valence-corrected chi connectivity index (χ0v) is 67.4. The van der Waals surface area contributed by atoms with E-state index in [2.05, 4.69) is 40.3 Å². The van der Waals surface area contributed by atoms with Gasteiger partial charge in [0.1, 0.15) is 42.4 Å². The van der Waals surface area contributed by atoms with Crippen molar-refractivity contribution in [2.75, 3.05) is 76.3 Å². The predicted molar refractivity (Wildman–Crippen MR) is 417 cm³/mol. The number of hydrogen-bond donors (Lipinski definition) is 5. The normalized spacial score (nSPS) is 14.4. The van der Waals surface area contributed by atoms with Gasteiger partial charge in [-0.1, -0.05) is 69.6 Å². The van der Waals surface area contributed by atoms with Gasteiger partial charge in [-0.05, 0) is 139 Å². The summed E-state index contributed by atoms with van der Waals surface area (Å²) in [5, 5.41) is 25.8. The number of nitrogens with one attached hydrogen (secondary N) is 1.